The molecule has 0 amide bonds. The van der Waals surface area contributed by atoms with Gasteiger partial charge in [-0.25, -0.2) is 0 Å². The molecular weight excluding hydrogens is 240 g/mol. The van der Waals surface area contributed by atoms with E-state index in [2.05, 4.69) is 24.4 Å². The Balaban J connectivity index is 0.000000861. The van der Waals surface area contributed by atoms with E-state index in [1.165, 1.54) is 5.56 Å². The van der Waals surface area contributed by atoms with Crippen LogP contribution in [0.5, 0.6) is 0 Å². The summed E-state index contributed by atoms with van der Waals surface area (Å²) < 4.78 is 0. The van der Waals surface area contributed by atoms with Crippen LogP contribution in [-0.4, -0.2) is 0 Å². The standard InChI is InChI=1S/C13H14N2O2.C2H6/c1-2-8-4-3-5-9(6-8)7-15-11-10(14)12(16)13(11)17;1-2/h3-6,15H,2,7,14H2,1H3;1-2H3. The van der Waals surface area contributed by atoms with E-state index < -0.39 is 10.9 Å². The Morgan fingerprint density at radius 2 is 1.74 bits per heavy atom. The molecule has 102 valence electrons. The van der Waals surface area contributed by atoms with Crippen LogP contribution in [0, 0.1) is 0 Å². The molecule has 0 aliphatic carbocycles. The molecule has 4 nitrogen and oxygen atoms in total. The summed E-state index contributed by atoms with van der Waals surface area (Å²) in [5, 5.41) is 2.90. The van der Waals surface area contributed by atoms with Crippen LogP contribution in [0.25, 0.3) is 0 Å². The first-order valence-corrected chi connectivity index (χ1v) is 6.54. The Hall–Kier alpha value is -2.10. The fourth-order valence-electron chi connectivity index (χ4n) is 1.73. The molecule has 0 aromatic heterocycles. The summed E-state index contributed by atoms with van der Waals surface area (Å²) in [7, 11) is 0. The quantitative estimate of drug-likeness (QED) is 0.825. The van der Waals surface area contributed by atoms with Gasteiger partial charge in [-0.2, -0.15) is 0 Å². The summed E-state index contributed by atoms with van der Waals surface area (Å²) in [4.78, 5) is 22.1. The lowest BCUT2D eigenvalue weighted by Crippen LogP contribution is -2.36. The lowest BCUT2D eigenvalue weighted by Gasteiger charge is -2.10. The van der Waals surface area contributed by atoms with E-state index in [9.17, 15) is 9.59 Å². The van der Waals surface area contributed by atoms with E-state index in [4.69, 9.17) is 5.73 Å². The highest BCUT2D eigenvalue weighted by molar-refractivity contribution is 5.71. The molecule has 0 bridgehead atoms. The summed E-state index contributed by atoms with van der Waals surface area (Å²) in [6.45, 7) is 6.59. The van der Waals surface area contributed by atoms with Crippen LogP contribution in [0.15, 0.2) is 33.9 Å². The van der Waals surface area contributed by atoms with Gasteiger partial charge >= 0.3 is 0 Å². The summed E-state index contributed by atoms with van der Waals surface area (Å²) in [6.07, 6.45) is 0.968. The Morgan fingerprint density at radius 1 is 1.11 bits per heavy atom. The van der Waals surface area contributed by atoms with Crippen molar-refractivity contribution in [3.8, 4) is 0 Å². The van der Waals surface area contributed by atoms with Gasteiger partial charge < -0.3 is 11.1 Å². The second kappa shape index (κ2) is 6.73. The van der Waals surface area contributed by atoms with Crippen LogP contribution in [0.4, 0.5) is 11.4 Å². The molecule has 0 spiro atoms. The lowest BCUT2D eigenvalue weighted by atomic mass is 10.1. The second-order valence-corrected chi connectivity index (χ2v) is 3.97. The Kier molecular flexibility index (Phi) is 5.30. The van der Waals surface area contributed by atoms with Gasteiger partial charge in [0.25, 0.3) is 10.9 Å². The number of nitrogens with two attached hydrogens (primary N) is 1. The molecule has 2 aromatic rings. The number of aryl methyl sites for hydroxylation is 1. The number of nitrogen functional groups attached to an aromatic ring is 1. The van der Waals surface area contributed by atoms with Crippen molar-refractivity contribution < 1.29 is 0 Å². The van der Waals surface area contributed by atoms with Gasteiger partial charge in [0.05, 0.1) is 0 Å². The number of benzene rings is 1. The third-order valence-corrected chi connectivity index (χ3v) is 2.82. The Labute approximate surface area is 113 Å². The largest absolute Gasteiger partial charge is 0.394 e. The number of anilines is 2. The van der Waals surface area contributed by atoms with Crippen molar-refractivity contribution in [2.45, 2.75) is 33.7 Å². The van der Waals surface area contributed by atoms with Crippen molar-refractivity contribution in [2.24, 2.45) is 0 Å². The molecule has 19 heavy (non-hydrogen) atoms. The van der Waals surface area contributed by atoms with Crippen molar-refractivity contribution in [3.05, 3.63) is 55.8 Å². The highest BCUT2D eigenvalue weighted by Gasteiger charge is 2.16. The SMILES string of the molecule is CC.CCc1cccc(CNc2c(N)c(=O)c2=O)c1. The van der Waals surface area contributed by atoms with Crippen LogP contribution in [0.1, 0.15) is 31.9 Å². The van der Waals surface area contributed by atoms with Gasteiger partial charge in [-0.1, -0.05) is 45.0 Å². The van der Waals surface area contributed by atoms with Crippen molar-refractivity contribution in [2.75, 3.05) is 11.1 Å². The molecule has 2 aromatic carbocycles. The predicted octanol–water partition coefficient (Wildman–Crippen LogP) is 2.07. The average molecular weight is 260 g/mol. The maximum Gasteiger partial charge on any atom is 0.253 e. The first kappa shape index (κ1) is 15.0. The Morgan fingerprint density at radius 3 is 2.32 bits per heavy atom. The van der Waals surface area contributed by atoms with Crippen molar-refractivity contribution in [1.29, 1.82) is 0 Å². The van der Waals surface area contributed by atoms with Crippen LogP contribution in [0.2, 0.25) is 0 Å². The van der Waals surface area contributed by atoms with Crippen molar-refractivity contribution in [1.82, 2.24) is 0 Å². The maximum absolute atomic E-state index is 11.2. The third-order valence-electron chi connectivity index (χ3n) is 2.82. The number of hydrogen-bond donors (Lipinski definition) is 2. The zero-order chi connectivity index (χ0) is 14.4. The molecule has 0 radical (unpaired) electrons. The topological polar surface area (TPSA) is 72.2 Å². The molecule has 0 fully saturated rings. The van der Waals surface area contributed by atoms with E-state index >= 15 is 0 Å². The summed E-state index contributed by atoms with van der Waals surface area (Å²) >= 11 is 0. The van der Waals surface area contributed by atoms with E-state index in [1.54, 1.807) is 0 Å². The van der Waals surface area contributed by atoms with E-state index in [-0.39, 0.29) is 11.4 Å². The van der Waals surface area contributed by atoms with Gasteiger partial charge in [0, 0.05) is 6.54 Å². The molecule has 3 N–H and O–H groups in total. The zero-order valence-electron chi connectivity index (χ0n) is 11.6. The van der Waals surface area contributed by atoms with Crippen molar-refractivity contribution >= 4 is 11.4 Å². The molecular formula is C15H20N2O2. The minimum Gasteiger partial charge on any atom is -0.394 e. The normalized spacial score (nSPS) is 9.84. The summed E-state index contributed by atoms with van der Waals surface area (Å²) in [6, 6.07) is 8.05. The lowest BCUT2D eigenvalue weighted by molar-refractivity contribution is 1.09. The van der Waals surface area contributed by atoms with E-state index in [1.807, 2.05) is 26.0 Å². The fourth-order valence-corrected chi connectivity index (χ4v) is 1.73. The van der Waals surface area contributed by atoms with Gasteiger partial charge in [-0.15, -0.1) is 0 Å². The average Bonchev–Trinajstić information content (AvgIpc) is 2.49. The van der Waals surface area contributed by atoms with E-state index in [0.717, 1.165) is 12.0 Å². The number of hydrogen-bond acceptors (Lipinski definition) is 4. The monoisotopic (exact) mass is 260 g/mol. The molecule has 0 saturated heterocycles. The highest BCUT2D eigenvalue weighted by Crippen LogP contribution is 2.12. The van der Waals surface area contributed by atoms with Gasteiger partial charge in [0.2, 0.25) is 0 Å². The number of rotatable bonds is 4. The fraction of sp³-hybridized carbons (Fsp3) is 0.333. The van der Waals surface area contributed by atoms with Gasteiger partial charge in [0.1, 0.15) is 11.4 Å². The van der Waals surface area contributed by atoms with E-state index in [0.29, 0.717) is 6.54 Å². The zero-order valence-corrected chi connectivity index (χ0v) is 11.6. The molecule has 0 atom stereocenters. The summed E-state index contributed by atoms with van der Waals surface area (Å²) in [5.41, 5.74) is 6.91. The number of nitrogens with one attached hydrogen (secondary N) is 1. The molecule has 0 aliphatic heterocycles. The second-order valence-electron chi connectivity index (χ2n) is 3.97. The molecule has 0 saturated carbocycles. The van der Waals surface area contributed by atoms with Crippen LogP contribution in [-0.2, 0) is 13.0 Å². The van der Waals surface area contributed by atoms with Gasteiger partial charge in [-0.3, -0.25) is 9.59 Å². The summed E-state index contributed by atoms with van der Waals surface area (Å²) in [5.74, 6) is 0. The molecule has 0 aliphatic rings. The minimum atomic E-state index is -0.588. The van der Waals surface area contributed by atoms with Gasteiger partial charge in [-0.05, 0) is 17.5 Å². The van der Waals surface area contributed by atoms with Crippen LogP contribution in [0.3, 0.4) is 0 Å². The molecule has 4 heteroatoms. The first-order valence-electron chi connectivity index (χ1n) is 6.54. The molecule has 2 rings (SSSR count). The smallest absolute Gasteiger partial charge is 0.253 e. The molecule has 0 unspecified atom stereocenters. The van der Waals surface area contributed by atoms with Crippen LogP contribution < -0.4 is 21.9 Å². The maximum atomic E-state index is 11.2. The minimum absolute atomic E-state index is 0.0432. The predicted molar refractivity (Wildman–Crippen MR) is 80.3 cm³/mol. The first-order chi connectivity index (χ1) is 9.13. The Bertz CT molecular complexity index is 611. The van der Waals surface area contributed by atoms with Gasteiger partial charge in [0.15, 0.2) is 0 Å². The van der Waals surface area contributed by atoms with Crippen molar-refractivity contribution in [3.63, 3.8) is 0 Å². The molecule has 0 heterocycles. The highest BCUT2D eigenvalue weighted by atomic mass is 16.2. The van der Waals surface area contributed by atoms with Crippen LogP contribution >= 0.6 is 0 Å². The third kappa shape index (κ3) is 3.22.